The van der Waals surface area contributed by atoms with Gasteiger partial charge in [0.1, 0.15) is 5.56 Å². The van der Waals surface area contributed by atoms with E-state index >= 15 is 0 Å². The van der Waals surface area contributed by atoms with E-state index < -0.39 is 10.8 Å². The molecular formula is C20H14ClN5O4. The fourth-order valence-corrected chi connectivity index (χ4v) is 2.92. The minimum Gasteiger partial charge on any atom is -0.461 e. The average molecular weight is 424 g/mol. The molecule has 0 radical (unpaired) electrons. The number of hydrogen-bond donors (Lipinski definition) is 1. The van der Waals surface area contributed by atoms with E-state index in [9.17, 15) is 14.9 Å². The second-order valence-corrected chi connectivity index (χ2v) is 6.64. The van der Waals surface area contributed by atoms with Crippen LogP contribution >= 0.6 is 11.6 Å². The Balaban J connectivity index is 1.71. The summed E-state index contributed by atoms with van der Waals surface area (Å²) in [6, 6.07) is 16.1. The van der Waals surface area contributed by atoms with Crippen molar-refractivity contribution in [2.45, 2.75) is 6.54 Å². The molecule has 2 aromatic carbocycles. The van der Waals surface area contributed by atoms with Crippen molar-refractivity contribution in [3.8, 4) is 11.6 Å². The number of furan rings is 1. The van der Waals surface area contributed by atoms with Crippen LogP contribution in [0.2, 0.25) is 5.02 Å². The summed E-state index contributed by atoms with van der Waals surface area (Å²) in [4.78, 5) is 28.2. The van der Waals surface area contributed by atoms with Crippen LogP contribution in [0.25, 0.3) is 11.6 Å². The Kier molecular flexibility index (Phi) is 5.27. The van der Waals surface area contributed by atoms with E-state index in [0.717, 1.165) is 10.2 Å². The first kappa shape index (κ1) is 19.3. The summed E-state index contributed by atoms with van der Waals surface area (Å²) in [5.41, 5.74) is 0.473. The first-order valence-corrected chi connectivity index (χ1v) is 9.18. The molecule has 0 bridgehead atoms. The van der Waals surface area contributed by atoms with Crippen LogP contribution in [0.1, 0.15) is 15.9 Å². The number of carbonyl (C=O) groups excluding carboxylic acids is 1. The van der Waals surface area contributed by atoms with Gasteiger partial charge in [-0.1, -0.05) is 35.9 Å². The number of nitrogens with one attached hydrogen (secondary N) is 1. The molecule has 9 nitrogen and oxygen atoms in total. The van der Waals surface area contributed by atoms with Crippen molar-refractivity contribution < 1.29 is 14.1 Å². The maximum absolute atomic E-state index is 13.1. The van der Waals surface area contributed by atoms with Gasteiger partial charge in [-0.2, -0.15) is 9.67 Å². The second-order valence-electron chi connectivity index (χ2n) is 6.21. The van der Waals surface area contributed by atoms with E-state index in [-0.39, 0.29) is 23.0 Å². The first-order chi connectivity index (χ1) is 14.5. The molecule has 0 aliphatic heterocycles. The second kappa shape index (κ2) is 8.18. The van der Waals surface area contributed by atoms with Crippen molar-refractivity contribution in [3.63, 3.8) is 0 Å². The third-order valence-electron chi connectivity index (χ3n) is 4.24. The van der Waals surface area contributed by atoms with Crippen LogP contribution in [0.15, 0.2) is 71.3 Å². The summed E-state index contributed by atoms with van der Waals surface area (Å²) in [7, 11) is 0. The van der Waals surface area contributed by atoms with Crippen LogP contribution in [0.3, 0.4) is 0 Å². The predicted molar refractivity (Wildman–Crippen MR) is 109 cm³/mol. The highest BCUT2D eigenvalue weighted by atomic mass is 35.5. The number of nitro benzene ring substituents is 1. The first-order valence-electron chi connectivity index (χ1n) is 8.80. The van der Waals surface area contributed by atoms with Crippen LogP contribution in [0.5, 0.6) is 0 Å². The molecule has 0 aliphatic rings. The number of anilines is 1. The van der Waals surface area contributed by atoms with E-state index in [1.807, 2.05) is 12.1 Å². The van der Waals surface area contributed by atoms with Crippen LogP contribution in [-0.4, -0.2) is 25.6 Å². The van der Waals surface area contributed by atoms with Gasteiger partial charge in [0.25, 0.3) is 11.6 Å². The van der Waals surface area contributed by atoms with E-state index in [4.69, 9.17) is 16.0 Å². The highest BCUT2D eigenvalue weighted by Gasteiger charge is 2.25. The molecule has 0 atom stereocenters. The molecule has 0 spiro atoms. The lowest BCUT2D eigenvalue weighted by atomic mass is 10.1. The van der Waals surface area contributed by atoms with Crippen LogP contribution in [0.4, 0.5) is 11.6 Å². The minimum absolute atomic E-state index is 0.104. The number of benzene rings is 2. The normalized spacial score (nSPS) is 10.7. The van der Waals surface area contributed by atoms with Crippen molar-refractivity contribution in [3.05, 3.63) is 93.2 Å². The molecule has 30 heavy (non-hydrogen) atoms. The number of nitrogens with zero attached hydrogens (tertiary/aromatic N) is 4. The number of aromatic nitrogens is 3. The smallest absolute Gasteiger partial charge is 0.288 e. The third kappa shape index (κ3) is 3.91. The van der Waals surface area contributed by atoms with E-state index in [1.54, 1.807) is 30.3 Å². The number of hydrogen-bond acceptors (Lipinski definition) is 7. The Labute approximate surface area is 175 Å². The van der Waals surface area contributed by atoms with Gasteiger partial charge >= 0.3 is 0 Å². The fraction of sp³-hybridized carbons (Fsp3) is 0.0500. The van der Waals surface area contributed by atoms with Crippen LogP contribution in [-0.2, 0) is 6.54 Å². The number of halogens is 1. The highest BCUT2D eigenvalue weighted by molar-refractivity contribution is 6.30. The Morgan fingerprint density at radius 3 is 2.60 bits per heavy atom. The lowest BCUT2D eigenvalue weighted by Gasteiger charge is -2.08. The zero-order chi connectivity index (χ0) is 21.1. The molecule has 150 valence electrons. The maximum Gasteiger partial charge on any atom is 0.288 e. The molecule has 10 heteroatoms. The van der Waals surface area contributed by atoms with Gasteiger partial charge in [0.15, 0.2) is 5.76 Å². The Bertz CT molecular complexity index is 1200. The summed E-state index contributed by atoms with van der Waals surface area (Å²) < 4.78 is 6.31. The molecule has 0 fully saturated rings. The van der Waals surface area contributed by atoms with Crippen molar-refractivity contribution in [1.82, 2.24) is 14.8 Å². The average Bonchev–Trinajstić information content (AvgIpc) is 3.43. The summed E-state index contributed by atoms with van der Waals surface area (Å²) in [5, 5.41) is 19.2. The topological polar surface area (TPSA) is 116 Å². The molecule has 2 heterocycles. The van der Waals surface area contributed by atoms with Crippen molar-refractivity contribution in [2.24, 2.45) is 0 Å². The fourth-order valence-electron chi connectivity index (χ4n) is 2.79. The predicted octanol–water partition coefficient (Wildman–Crippen LogP) is 4.40. The number of para-hydroxylation sites is 1. The Morgan fingerprint density at radius 2 is 1.90 bits per heavy atom. The monoisotopic (exact) mass is 423 g/mol. The number of nitro groups is 1. The molecule has 4 aromatic rings. The molecule has 0 unspecified atom stereocenters. The van der Waals surface area contributed by atoms with Crippen molar-refractivity contribution in [2.75, 3.05) is 5.32 Å². The molecule has 0 aliphatic carbocycles. The number of rotatable bonds is 6. The van der Waals surface area contributed by atoms with Gasteiger partial charge in [0.2, 0.25) is 11.8 Å². The molecule has 4 rings (SSSR count). The SMILES string of the molecule is O=C(c1ccccc1[N+](=O)[O-])n1nc(-c2ccco2)nc1NCc1ccc(Cl)cc1. The van der Waals surface area contributed by atoms with Gasteiger partial charge in [0, 0.05) is 17.6 Å². The van der Waals surface area contributed by atoms with E-state index in [1.165, 1.54) is 24.5 Å². The molecule has 0 amide bonds. The van der Waals surface area contributed by atoms with E-state index in [0.29, 0.717) is 17.3 Å². The molecule has 1 N–H and O–H groups in total. The van der Waals surface area contributed by atoms with Crippen LogP contribution in [0, 0.1) is 10.1 Å². The molecule has 0 saturated heterocycles. The standard InChI is InChI=1S/C20H14ClN5O4/c21-14-9-7-13(8-10-14)12-22-20-23-18(17-6-3-11-30-17)24-25(20)19(27)15-4-1-2-5-16(15)26(28)29/h1-11H,12H2,(H,22,23,24). The summed E-state index contributed by atoms with van der Waals surface area (Å²) in [5.74, 6) is -0.0325. The minimum atomic E-state index is -0.689. The quantitative estimate of drug-likeness (QED) is 0.361. The Morgan fingerprint density at radius 1 is 1.13 bits per heavy atom. The summed E-state index contributed by atoms with van der Waals surface area (Å²) in [6.45, 7) is 0.331. The van der Waals surface area contributed by atoms with E-state index in [2.05, 4.69) is 15.4 Å². The zero-order valence-corrected chi connectivity index (χ0v) is 16.1. The largest absolute Gasteiger partial charge is 0.461 e. The Hall–Kier alpha value is -3.98. The van der Waals surface area contributed by atoms with Crippen molar-refractivity contribution in [1.29, 1.82) is 0 Å². The van der Waals surface area contributed by atoms with Gasteiger partial charge < -0.3 is 9.73 Å². The summed E-state index contributed by atoms with van der Waals surface area (Å²) in [6.07, 6.45) is 1.46. The molecule has 2 aromatic heterocycles. The van der Waals surface area contributed by atoms with Gasteiger partial charge in [-0.15, -0.1) is 5.10 Å². The third-order valence-corrected chi connectivity index (χ3v) is 4.49. The van der Waals surface area contributed by atoms with Crippen LogP contribution < -0.4 is 5.32 Å². The highest BCUT2D eigenvalue weighted by Crippen LogP contribution is 2.23. The van der Waals surface area contributed by atoms with Gasteiger partial charge in [-0.25, -0.2) is 0 Å². The zero-order valence-electron chi connectivity index (χ0n) is 15.4. The van der Waals surface area contributed by atoms with Gasteiger partial charge in [-0.3, -0.25) is 14.9 Å². The number of carbonyl (C=O) groups is 1. The lowest BCUT2D eigenvalue weighted by molar-refractivity contribution is -0.385. The van der Waals surface area contributed by atoms with Crippen molar-refractivity contribution >= 4 is 29.1 Å². The molecule has 0 saturated carbocycles. The van der Waals surface area contributed by atoms with Gasteiger partial charge in [0.05, 0.1) is 11.2 Å². The van der Waals surface area contributed by atoms with Gasteiger partial charge in [-0.05, 0) is 35.9 Å². The summed E-state index contributed by atoms with van der Waals surface area (Å²) >= 11 is 5.91. The lowest BCUT2D eigenvalue weighted by Crippen LogP contribution is -2.18. The maximum atomic E-state index is 13.1. The molecular weight excluding hydrogens is 410 g/mol.